The van der Waals surface area contributed by atoms with Crippen LogP contribution in [0.2, 0.25) is 0 Å². The van der Waals surface area contributed by atoms with Gasteiger partial charge >= 0.3 is 0 Å². The zero-order valence-corrected chi connectivity index (χ0v) is 13.7. The molecule has 0 saturated heterocycles. The van der Waals surface area contributed by atoms with Gasteiger partial charge in [-0.2, -0.15) is 5.10 Å². The summed E-state index contributed by atoms with van der Waals surface area (Å²) in [6.07, 6.45) is 1.39. The summed E-state index contributed by atoms with van der Waals surface area (Å²) >= 11 is 0. The van der Waals surface area contributed by atoms with Gasteiger partial charge in [0.15, 0.2) is 0 Å². The second-order valence-electron chi connectivity index (χ2n) is 5.12. The molecule has 0 radical (unpaired) electrons. The molecule has 0 aromatic heterocycles. The molecule has 0 aliphatic carbocycles. The number of para-hydroxylation sites is 1. The maximum absolute atomic E-state index is 11.8. The fourth-order valence-electron chi connectivity index (χ4n) is 2.05. The number of hydrogen-bond donors (Lipinski definition) is 3. The van der Waals surface area contributed by atoms with Gasteiger partial charge in [-0.05, 0) is 37.6 Å². The van der Waals surface area contributed by atoms with Gasteiger partial charge in [0.25, 0.3) is 5.91 Å². The number of phenolic OH excluding ortho intramolecular Hbond substituents is 1. The molecule has 0 aliphatic rings. The summed E-state index contributed by atoms with van der Waals surface area (Å²) in [4.78, 5) is 11.8. The average molecular weight is 327 g/mol. The number of aromatic hydroxyl groups is 1. The highest BCUT2D eigenvalue weighted by atomic mass is 16.5. The molecular weight excluding hydrogens is 306 g/mol. The van der Waals surface area contributed by atoms with Crippen LogP contribution >= 0.6 is 0 Å². The first-order valence-corrected chi connectivity index (χ1v) is 7.67. The van der Waals surface area contributed by atoms with E-state index in [1.165, 1.54) is 12.3 Å². The quantitative estimate of drug-likeness (QED) is 0.539. The minimum Gasteiger partial charge on any atom is -0.507 e. The Morgan fingerprint density at radius 3 is 2.79 bits per heavy atom. The van der Waals surface area contributed by atoms with Crippen LogP contribution in [0.4, 0.5) is 5.69 Å². The Kier molecular flexibility index (Phi) is 6.19. The monoisotopic (exact) mass is 327 g/mol. The highest BCUT2D eigenvalue weighted by Crippen LogP contribution is 2.22. The predicted octanol–water partition coefficient (Wildman–Crippen LogP) is 2.66. The molecular formula is C18H21N3O3. The number of amides is 1. The van der Waals surface area contributed by atoms with Crippen molar-refractivity contribution in [2.45, 2.75) is 13.8 Å². The van der Waals surface area contributed by atoms with E-state index >= 15 is 0 Å². The van der Waals surface area contributed by atoms with Crippen LogP contribution in [0.5, 0.6) is 11.5 Å². The van der Waals surface area contributed by atoms with Crippen LogP contribution in [-0.2, 0) is 4.79 Å². The Morgan fingerprint density at radius 1 is 1.29 bits per heavy atom. The number of phenols is 1. The zero-order valence-electron chi connectivity index (χ0n) is 13.7. The largest absolute Gasteiger partial charge is 0.507 e. The molecule has 0 heterocycles. The first kappa shape index (κ1) is 17.3. The van der Waals surface area contributed by atoms with Gasteiger partial charge in [-0.1, -0.05) is 18.2 Å². The lowest BCUT2D eigenvalue weighted by Gasteiger charge is -2.08. The van der Waals surface area contributed by atoms with Crippen LogP contribution in [0.25, 0.3) is 0 Å². The summed E-state index contributed by atoms with van der Waals surface area (Å²) in [7, 11) is 0. The van der Waals surface area contributed by atoms with Gasteiger partial charge in [0.05, 0.1) is 19.4 Å². The van der Waals surface area contributed by atoms with Crippen molar-refractivity contribution in [2.24, 2.45) is 5.10 Å². The lowest BCUT2D eigenvalue weighted by Crippen LogP contribution is -2.26. The highest BCUT2D eigenvalue weighted by molar-refractivity contribution is 5.86. The molecule has 6 nitrogen and oxygen atoms in total. The van der Waals surface area contributed by atoms with Crippen molar-refractivity contribution in [3.05, 3.63) is 53.6 Å². The number of nitrogens with zero attached hydrogens (tertiary/aromatic N) is 1. The average Bonchev–Trinajstić information content (AvgIpc) is 2.56. The van der Waals surface area contributed by atoms with E-state index in [9.17, 15) is 9.90 Å². The summed E-state index contributed by atoms with van der Waals surface area (Å²) in [6.45, 7) is 4.47. The smallest absolute Gasteiger partial charge is 0.259 e. The van der Waals surface area contributed by atoms with Crippen LogP contribution in [-0.4, -0.2) is 30.4 Å². The summed E-state index contributed by atoms with van der Waals surface area (Å²) in [5.41, 5.74) is 4.87. The standard InChI is InChI=1S/C18H21N3O3/c1-3-24-15-9-8-14(17(22)10-15)11-20-21-18(23)12-19-16-7-5-4-6-13(16)2/h4-11,19,22H,3,12H2,1-2H3,(H,21,23). The molecule has 3 N–H and O–H groups in total. The molecule has 2 aromatic rings. The van der Waals surface area contributed by atoms with E-state index in [1.807, 2.05) is 38.1 Å². The summed E-state index contributed by atoms with van der Waals surface area (Å²) in [5.74, 6) is 0.343. The van der Waals surface area contributed by atoms with Gasteiger partial charge in [-0.3, -0.25) is 4.79 Å². The Hall–Kier alpha value is -3.02. The summed E-state index contributed by atoms with van der Waals surface area (Å²) < 4.78 is 5.29. The van der Waals surface area contributed by atoms with Crippen molar-refractivity contribution in [3.63, 3.8) is 0 Å². The van der Waals surface area contributed by atoms with Crippen molar-refractivity contribution < 1.29 is 14.6 Å². The molecule has 0 spiro atoms. The fraction of sp³-hybridized carbons (Fsp3) is 0.222. The summed E-state index contributed by atoms with van der Waals surface area (Å²) in [5, 5.41) is 16.8. The topological polar surface area (TPSA) is 83.0 Å². The Bertz CT molecular complexity index is 729. The molecule has 0 bridgehead atoms. The van der Waals surface area contributed by atoms with Crippen molar-refractivity contribution in [1.82, 2.24) is 5.43 Å². The molecule has 1 amide bonds. The van der Waals surface area contributed by atoms with Crippen molar-refractivity contribution in [1.29, 1.82) is 0 Å². The van der Waals surface area contributed by atoms with E-state index < -0.39 is 0 Å². The maximum Gasteiger partial charge on any atom is 0.259 e. The van der Waals surface area contributed by atoms with E-state index in [0.717, 1.165) is 11.3 Å². The minimum atomic E-state index is -0.278. The van der Waals surface area contributed by atoms with E-state index in [0.29, 0.717) is 17.9 Å². The Balaban J connectivity index is 1.85. The first-order chi connectivity index (χ1) is 11.6. The molecule has 0 fully saturated rings. The number of aryl methyl sites for hydroxylation is 1. The van der Waals surface area contributed by atoms with Gasteiger partial charge < -0.3 is 15.2 Å². The number of carbonyl (C=O) groups excluding carboxylic acids is 1. The van der Waals surface area contributed by atoms with E-state index in [2.05, 4.69) is 15.8 Å². The second kappa shape index (κ2) is 8.57. The van der Waals surface area contributed by atoms with Crippen LogP contribution in [0.3, 0.4) is 0 Å². The Labute approximate surface area is 141 Å². The van der Waals surface area contributed by atoms with Crippen molar-refractivity contribution >= 4 is 17.8 Å². The molecule has 126 valence electrons. The lowest BCUT2D eigenvalue weighted by atomic mass is 10.2. The van der Waals surface area contributed by atoms with Crippen molar-refractivity contribution in [2.75, 3.05) is 18.5 Å². The number of anilines is 1. The molecule has 0 unspecified atom stereocenters. The number of rotatable bonds is 7. The minimum absolute atomic E-state index is 0.0389. The number of hydrogen-bond acceptors (Lipinski definition) is 5. The van der Waals surface area contributed by atoms with Crippen molar-refractivity contribution in [3.8, 4) is 11.5 Å². The van der Waals surface area contributed by atoms with Crippen LogP contribution in [0, 0.1) is 6.92 Å². The zero-order chi connectivity index (χ0) is 17.4. The molecule has 2 aromatic carbocycles. The molecule has 0 saturated carbocycles. The van der Waals surface area contributed by atoms with Gasteiger partial charge in [0, 0.05) is 17.3 Å². The predicted molar refractivity (Wildman–Crippen MR) is 94.7 cm³/mol. The highest BCUT2D eigenvalue weighted by Gasteiger charge is 2.03. The molecule has 24 heavy (non-hydrogen) atoms. The van der Waals surface area contributed by atoms with Gasteiger partial charge in [0.1, 0.15) is 11.5 Å². The van der Waals surface area contributed by atoms with Gasteiger partial charge in [0.2, 0.25) is 0 Å². The van der Waals surface area contributed by atoms with Gasteiger partial charge in [-0.25, -0.2) is 5.43 Å². The molecule has 0 aliphatic heterocycles. The first-order valence-electron chi connectivity index (χ1n) is 7.67. The normalized spacial score (nSPS) is 10.6. The lowest BCUT2D eigenvalue weighted by molar-refractivity contribution is -0.119. The van der Waals surface area contributed by atoms with Gasteiger partial charge in [-0.15, -0.1) is 0 Å². The number of hydrazone groups is 1. The number of carbonyl (C=O) groups is 1. The third-order valence-electron chi connectivity index (χ3n) is 3.29. The van der Waals surface area contributed by atoms with Crippen LogP contribution in [0.15, 0.2) is 47.6 Å². The van der Waals surface area contributed by atoms with E-state index in [4.69, 9.17) is 4.74 Å². The maximum atomic E-state index is 11.8. The molecule has 6 heteroatoms. The summed E-state index contributed by atoms with van der Waals surface area (Å²) in [6, 6.07) is 12.6. The number of nitrogens with one attached hydrogen (secondary N) is 2. The molecule has 2 rings (SSSR count). The number of ether oxygens (including phenoxy) is 1. The SMILES string of the molecule is CCOc1ccc(C=NNC(=O)CNc2ccccc2C)c(O)c1. The molecule has 0 atom stereocenters. The van der Waals surface area contributed by atoms with Crippen LogP contribution < -0.4 is 15.5 Å². The third-order valence-corrected chi connectivity index (χ3v) is 3.29. The second-order valence-corrected chi connectivity index (χ2v) is 5.12. The third kappa shape index (κ3) is 5.01. The van der Waals surface area contributed by atoms with Crippen LogP contribution in [0.1, 0.15) is 18.1 Å². The number of benzene rings is 2. The van der Waals surface area contributed by atoms with E-state index in [1.54, 1.807) is 12.1 Å². The fourth-order valence-corrected chi connectivity index (χ4v) is 2.05. The Morgan fingerprint density at radius 2 is 2.08 bits per heavy atom. The van der Waals surface area contributed by atoms with E-state index in [-0.39, 0.29) is 18.2 Å².